The fourth-order valence-corrected chi connectivity index (χ4v) is 4.00. The van der Waals surface area contributed by atoms with Gasteiger partial charge in [0.25, 0.3) is 0 Å². The van der Waals surface area contributed by atoms with Gasteiger partial charge in [0.2, 0.25) is 0 Å². The average molecular weight is 361 g/mol. The van der Waals surface area contributed by atoms with Gasteiger partial charge in [-0.1, -0.05) is 44.2 Å². The highest BCUT2D eigenvalue weighted by molar-refractivity contribution is 5.33. The summed E-state index contributed by atoms with van der Waals surface area (Å²) < 4.78 is 2.11. The summed E-state index contributed by atoms with van der Waals surface area (Å²) in [5.41, 5.74) is 2.46. The number of aromatic nitrogens is 4. The molecule has 5 nitrogen and oxygen atoms in total. The van der Waals surface area contributed by atoms with E-state index in [0.717, 1.165) is 43.3 Å². The van der Waals surface area contributed by atoms with Crippen LogP contribution in [0.1, 0.15) is 55.7 Å². The molecule has 2 aromatic heterocycles. The van der Waals surface area contributed by atoms with Gasteiger partial charge in [0.15, 0.2) is 5.82 Å². The van der Waals surface area contributed by atoms with Crippen molar-refractivity contribution in [2.24, 2.45) is 0 Å². The molecule has 0 bridgehead atoms. The molecule has 4 rings (SSSR count). The van der Waals surface area contributed by atoms with Crippen LogP contribution in [-0.2, 0) is 6.42 Å². The van der Waals surface area contributed by atoms with Crippen molar-refractivity contribution < 1.29 is 0 Å². The summed E-state index contributed by atoms with van der Waals surface area (Å²) in [6.45, 7) is 6.49. The SMILES string of the molecule is CC(C)c1nccn1-c1nccnc1[C@H]1CCCN1CCc1ccccc1. The summed E-state index contributed by atoms with van der Waals surface area (Å²) in [5.74, 6) is 2.30. The molecule has 1 aliphatic heterocycles. The fourth-order valence-electron chi connectivity index (χ4n) is 4.00. The van der Waals surface area contributed by atoms with E-state index in [2.05, 4.69) is 58.6 Å². The molecule has 5 heteroatoms. The third-order valence-corrected chi connectivity index (χ3v) is 5.33. The first-order valence-electron chi connectivity index (χ1n) is 9.86. The van der Waals surface area contributed by atoms with Gasteiger partial charge in [-0.3, -0.25) is 14.5 Å². The third-order valence-electron chi connectivity index (χ3n) is 5.33. The summed E-state index contributed by atoms with van der Waals surface area (Å²) in [5, 5.41) is 0. The Morgan fingerprint density at radius 3 is 2.67 bits per heavy atom. The predicted molar refractivity (Wildman–Crippen MR) is 107 cm³/mol. The van der Waals surface area contributed by atoms with Crippen molar-refractivity contribution in [1.29, 1.82) is 0 Å². The first-order valence-corrected chi connectivity index (χ1v) is 9.86. The molecule has 1 atom stereocenters. The molecule has 3 heterocycles. The molecule has 27 heavy (non-hydrogen) atoms. The Labute approximate surface area is 161 Å². The minimum Gasteiger partial charge on any atom is -0.294 e. The van der Waals surface area contributed by atoms with E-state index in [1.54, 1.807) is 6.20 Å². The van der Waals surface area contributed by atoms with E-state index in [1.807, 2.05) is 18.6 Å². The van der Waals surface area contributed by atoms with Crippen LogP contribution in [0.15, 0.2) is 55.1 Å². The van der Waals surface area contributed by atoms with Gasteiger partial charge < -0.3 is 0 Å². The smallest absolute Gasteiger partial charge is 0.161 e. The predicted octanol–water partition coefficient (Wildman–Crippen LogP) is 4.17. The van der Waals surface area contributed by atoms with Crippen LogP contribution < -0.4 is 0 Å². The zero-order valence-electron chi connectivity index (χ0n) is 16.1. The van der Waals surface area contributed by atoms with Gasteiger partial charge in [-0.15, -0.1) is 0 Å². The molecule has 1 aliphatic rings. The van der Waals surface area contributed by atoms with Gasteiger partial charge in [-0.05, 0) is 31.4 Å². The summed E-state index contributed by atoms with van der Waals surface area (Å²) in [4.78, 5) is 16.6. The lowest BCUT2D eigenvalue weighted by Crippen LogP contribution is -2.27. The van der Waals surface area contributed by atoms with Crippen LogP contribution in [0.4, 0.5) is 0 Å². The number of nitrogens with zero attached hydrogens (tertiary/aromatic N) is 5. The van der Waals surface area contributed by atoms with Gasteiger partial charge in [0, 0.05) is 37.3 Å². The maximum atomic E-state index is 4.77. The Bertz CT molecular complexity index is 871. The Morgan fingerprint density at radius 2 is 1.85 bits per heavy atom. The van der Waals surface area contributed by atoms with Gasteiger partial charge in [0.05, 0.1) is 6.04 Å². The monoisotopic (exact) mass is 361 g/mol. The second-order valence-electron chi connectivity index (χ2n) is 7.50. The van der Waals surface area contributed by atoms with Crippen LogP contribution >= 0.6 is 0 Å². The van der Waals surface area contributed by atoms with E-state index in [4.69, 9.17) is 9.97 Å². The Morgan fingerprint density at radius 1 is 1.04 bits per heavy atom. The van der Waals surface area contributed by atoms with Crippen molar-refractivity contribution in [1.82, 2.24) is 24.4 Å². The molecule has 0 unspecified atom stereocenters. The highest BCUT2D eigenvalue weighted by atomic mass is 15.2. The maximum Gasteiger partial charge on any atom is 0.161 e. The second-order valence-corrected chi connectivity index (χ2v) is 7.50. The number of hydrogen-bond acceptors (Lipinski definition) is 4. The van der Waals surface area contributed by atoms with Crippen molar-refractivity contribution >= 4 is 0 Å². The summed E-state index contributed by atoms with van der Waals surface area (Å²) >= 11 is 0. The molecule has 0 aliphatic carbocycles. The van der Waals surface area contributed by atoms with Gasteiger partial charge >= 0.3 is 0 Å². The Balaban J connectivity index is 1.60. The molecule has 1 saturated heterocycles. The van der Waals surface area contributed by atoms with Gasteiger partial charge in [-0.2, -0.15) is 0 Å². The van der Waals surface area contributed by atoms with Gasteiger partial charge in [0.1, 0.15) is 11.5 Å². The van der Waals surface area contributed by atoms with E-state index in [1.165, 1.54) is 12.0 Å². The van der Waals surface area contributed by atoms with Crippen molar-refractivity contribution in [3.63, 3.8) is 0 Å². The van der Waals surface area contributed by atoms with E-state index in [-0.39, 0.29) is 0 Å². The van der Waals surface area contributed by atoms with Crippen LogP contribution in [0, 0.1) is 0 Å². The van der Waals surface area contributed by atoms with E-state index in [9.17, 15) is 0 Å². The molecule has 0 spiro atoms. The molecule has 0 saturated carbocycles. The van der Waals surface area contributed by atoms with E-state index in [0.29, 0.717) is 12.0 Å². The Hall–Kier alpha value is -2.53. The zero-order valence-corrected chi connectivity index (χ0v) is 16.1. The molecular formula is C22H27N5. The molecule has 1 aromatic carbocycles. The number of hydrogen-bond donors (Lipinski definition) is 0. The Kier molecular flexibility index (Phi) is 5.30. The third kappa shape index (κ3) is 3.78. The normalized spacial score (nSPS) is 17.7. The average Bonchev–Trinajstić information content (AvgIpc) is 3.36. The van der Waals surface area contributed by atoms with Crippen LogP contribution in [0.3, 0.4) is 0 Å². The molecule has 1 fully saturated rings. The minimum absolute atomic E-state index is 0.319. The number of imidazole rings is 1. The summed E-state index contributed by atoms with van der Waals surface area (Å²) in [7, 11) is 0. The lowest BCUT2D eigenvalue weighted by Gasteiger charge is -2.25. The molecular weight excluding hydrogens is 334 g/mol. The van der Waals surface area contributed by atoms with Gasteiger partial charge in [-0.25, -0.2) is 9.97 Å². The summed E-state index contributed by atoms with van der Waals surface area (Å²) in [6, 6.07) is 11.0. The van der Waals surface area contributed by atoms with Crippen molar-refractivity contribution in [2.45, 2.75) is 45.1 Å². The minimum atomic E-state index is 0.319. The van der Waals surface area contributed by atoms with Crippen LogP contribution in [0.2, 0.25) is 0 Å². The largest absolute Gasteiger partial charge is 0.294 e. The second kappa shape index (κ2) is 8.01. The lowest BCUT2D eigenvalue weighted by atomic mass is 10.1. The first-order chi connectivity index (χ1) is 13.2. The van der Waals surface area contributed by atoms with Crippen LogP contribution in [0.5, 0.6) is 0 Å². The van der Waals surface area contributed by atoms with E-state index >= 15 is 0 Å². The molecule has 0 N–H and O–H groups in total. The molecule has 3 aromatic rings. The van der Waals surface area contributed by atoms with Crippen molar-refractivity contribution in [2.75, 3.05) is 13.1 Å². The number of benzene rings is 1. The fraction of sp³-hybridized carbons (Fsp3) is 0.409. The van der Waals surface area contributed by atoms with Crippen LogP contribution in [-0.4, -0.2) is 37.5 Å². The quantitative estimate of drug-likeness (QED) is 0.661. The topological polar surface area (TPSA) is 46.8 Å². The maximum absolute atomic E-state index is 4.77. The zero-order chi connectivity index (χ0) is 18.6. The first kappa shape index (κ1) is 17.9. The molecule has 0 amide bonds. The van der Waals surface area contributed by atoms with Crippen LogP contribution in [0.25, 0.3) is 5.82 Å². The standard InChI is InChI=1S/C22H27N5/c1-17(2)21-25-13-16-27(21)22-20(23-11-12-24-22)19-9-6-14-26(19)15-10-18-7-4-3-5-8-18/h3-5,7-8,11-13,16-17,19H,6,9-10,14-15H2,1-2H3/t19-/m1/s1. The highest BCUT2D eigenvalue weighted by Crippen LogP contribution is 2.33. The highest BCUT2D eigenvalue weighted by Gasteiger charge is 2.30. The molecule has 0 radical (unpaired) electrons. The van der Waals surface area contributed by atoms with E-state index < -0.39 is 0 Å². The molecule has 140 valence electrons. The number of likely N-dealkylation sites (tertiary alicyclic amines) is 1. The lowest BCUT2D eigenvalue weighted by molar-refractivity contribution is 0.255. The number of rotatable bonds is 6. The van der Waals surface area contributed by atoms with Crippen molar-refractivity contribution in [3.8, 4) is 5.82 Å². The summed E-state index contributed by atoms with van der Waals surface area (Å²) in [6.07, 6.45) is 10.9. The van der Waals surface area contributed by atoms with Crippen molar-refractivity contribution in [3.05, 3.63) is 72.2 Å².